The van der Waals surface area contributed by atoms with Crippen molar-refractivity contribution in [2.75, 3.05) is 0 Å². The number of carbonyl (C=O) groups is 1. The summed E-state index contributed by atoms with van der Waals surface area (Å²) in [6.45, 7) is 0. The molecule has 1 atom stereocenters. The van der Waals surface area contributed by atoms with Gasteiger partial charge in [-0.1, -0.05) is 36.4 Å². The van der Waals surface area contributed by atoms with Crippen LogP contribution in [0.5, 0.6) is 0 Å². The van der Waals surface area contributed by atoms with E-state index in [-0.39, 0.29) is 11.8 Å². The second-order valence-electron chi connectivity index (χ2n) is 6.01. The number of hydrogen-bond donors (Lipinski definition) is 1. The van der Waals surface area contributed by atoms with E-state index in [1.54, 1.807) is 0 Å². The Hall–Kier alpha value is -2.35. The van der Waals surface area contributed by atoms with Gasteiger partial charge in [0.05, 0.1) is 0 Å². The monoisotopic (exact) mass is 275 g/mol. The molecule has 104 valence electrons. The van der Waals surface area contributed by atoms with Crippen LogP contribution in [0.4, 0.5) is 0 Å². The number of amides is 1. The van der Waals surface area contributed by atoms with Crippen molar-refractivity contribution in [3.05, 3.63) is 59.7 Å². The molecule has 1 unspecified atom stereocenters. The number of fused-ring (bicyclic) bond motifs is 3. The van der Waals surface area contributed by atoms with Crippen molar-refractivity contribution < 1.29 is 4.79 Å². The predicted molar refractivity (Wildman–Crippen MR) is 86.2 cm³/mol. The van der Waals surface area contributed by atoms with Gasteiger partial charge in [0.15, 0.2) is 0 Å². The first-order chi connectivity index (χ1) is 10.2. The first kappa shape index (κ1) is 12.4. The van der Waals surface area contributed by atoms with Crippen LogP contribution < -0.4 is 5.73 Å². The zero-order valence-electron chi connectivity index (χ0n) is 11.8. The number of primary amides is 1. The number of nitrogens with two attached hydrogens (primary N) is 1. The Kier molecular flexibility index (Phi) is 2.71. The standard InChI is InChI=1S/C19H17NO/c20-19(21)15-6-5-14-9-17-7-12-3-1-2-4-13(12)8-18(17)11-16(14)10-15/h1-4,7-9,11,15H,5-6,10H2,(H2,20,21). The molecular weight excluding hydrogens is 258 g/mol. The number of aryl methyl sites for hydroxylation is 1. The van der Waals surface area contributed by atoms with Gasteiger partial charge in [0.25, 0.3) is 0 Å². The topological polar surface area (TPSA) is 43.1 Å². The van der Waals surface area contributed by atoms with Crippen LogP contribution in [0.2, 0.25) is 0 Å². The first-order valence-electron chi connectivity index (χ1n) is 7.44. The summed E-state index contributed by atoms with van der Waals surface area (Å²) in [5.41, 5.74) is 8.13. The Morgan fingerprint density at radius 1 is 0.905 bits per heavy atom. The number of carbonyl (C=O) groups excluding carboxylic acids is 1. The van der Waals surface area contributed by atoms with E-state index in [9.17, 15) is 4.79 Å². The molecule has 0 heterocycles. The fraction of sp³-hybridized carbons (Fsp3) is 0.211. The molecule has 0 saturated heterocycles. The highest BCUT2D eigenvalue weighted by molar-refractivity contribution is 5.98. The van der Waals surface area contributed by atoms with Crippen LogP contribution in [0, 0.1) is 5.92 Å². The first-order valence-corrected chi connectivity index (χ1v) is 7.44. The second kappa shape index (κ2) is 4.59. The molecule has 2 nitrogen and oxygen atoms in total. The average Bonchev–Trinajstić information content (AvgIpc) is 2.50. The molecule has 0 bridgehead atoms. The Morgan fingerprint density at radius 3 is 2.14 bits per heavy atom. The molecular formula is C19H17NO. The molecule has 3 aromatic carbocycles. The lowest BCUT2D eigenvalue weighted by Crippen LogP contribution is -2.28. The molecule has 0 radical (unpaired) electrons. The molecule has 0 saturated carbocycles. The van der Waals surface area contributed by atoms with Crippen LogP contribution in [0.15, 0.2) is 48.5 Å². The van der Waals surface area contributed by atoms with Gasteiger partial charge in [0.1, 0.15) is 0 Å². The summed E-state index contributed by atoms with van der Waals surface area (Å²) >= 11 is 0. The van der Waals surface area contributed by atoms with Crippen molar-refractivity contribution >= 4 is 27.5 Å². The number of benzene rings is 3. The molecule has 1 amide bonds. The minimum Gasteiger partial charge on any atom is -0.369 e. The van der Waals surface area contributed by atoms with Crippen molar-refractivity contribution in [1.29, 1.82) is 0 Å². The summed E-state index contributed by atoms with van der Waals surface area (Å²) in [6, 6.07) is 17.4. The third-order valence-electron chi connectivity index (χ3n) is 4.65. The summed E-state index contributed by atoms with van der Waals surface area (Å²) in [5, 5.41) is 5.06. The summed E-state index contributed by atoms with van der Waals surface area (Å²) in [5.74, 6) is -0.172. The Morgan fingerprint density at radius 2 is 1.52 bits per heavy atom. The van der Waals surface area contributed by atoms with Gasteiger partial charge in [-0.3, -0.25) is 4.79 Å². The molecule has 0 aromatic heterocycles. The third-order valence-corrected chi connectivity index (χ3v) is 4.65. The van der Waals surface area contributed by atoms with Crippen molar-refractivity contribution in [1.82, 2.24) is 0 Å². The molecule has 2 N–H and O–H groups in total. The van der Waals surface area contributed by atoms with E-state index in [2.05, 4.69) is 48.5 Å². The Balaban J connectivity index is 1.89. The normalized spacial score (nSPS) is 17.8. The number of rotatable bonds is 1. The zero-order chi connectivity index (χ0) is 14.4. The van der Waals surface area contributed by atoms with Gasteiger partial charge in [-0.25, -0.2) is 0 Å². The van der Waals surface area contributed by atoms with E-state index in [1.165, 1.54) is 32.7 Å². The minimum atomic E-state index is -0.167. The van der Waals surface area contributed by atoms with Crippen LogP contribution in [0.3, 0.4) is 0 Å². The molecule has 1 aliphatic rings. The largest absolute Gasteiger partial charge is 0.369 e. The molecule has 0 spiro atoms. The van der Waals surface area contributed by atoms with E-state index in [0.29, 0.717) is 0 Å². The van der Waals surface area contributed by atoms with Crippen LogP contribution in [0.25, 0.3) is 21.5 Å². The quantitative estimate of drug-likeness (QED) is 0.678. The van der Waals surface area contributed by atoms with Crippen molar-refractivity contribution in [2.45, 2.75) is 19.3 Å². The highest BCUT2D eigenvalue weighted by Crippen LogP contribution is 2.31. The molecule has 2 heteroatoms. The molecule has 21 heavy (non-hydrogen) atoms. The van der Waals surface area contributed by atoms with E-state index in [1.807, 2.05) is 0 Å². The fourth-order valence-corrected chi connectivity index (χ4v) is 3.45. The summed E-state index contributed by atoms with van der Waals surface area (Å²) in [4.78, 5) is 11.4. The van der Waals surface area contributed by atoms with Gasteiger partial charge in [-0.2, -0.15) is 0 Å². The Labute approximate surface area is 123 Å². The summed E-state index contributed by atoms with van der Waals surface area (Å²) in [7, 11) is 0. The van der Waals surface area contributed by atoms with Crippen molar-refractivity contribution in [3.63, 3.8) is 0 Å². The predicted octanol–water partition coefficient (Wildman–Crippen LogP) is 3.58. The maximum Gasteiger partial charge on any atom is 0.220 e. The number of hydrogen-bond acceptors (Lipinski definition) is 1. The maximum absolute atomic E-state index is 11.4. The van der Waals surface area contributed by atoms with Gasteiger partial charge in [0, 0.05) is 5.92 Å². The Bertz CT molecular complexity index is 866. The van der Waals surface area contributed by atoms with Gasteiger partial charge >= 0.3 is 0 Å². The van der Waals surface area contributed by atoms with Gasteiger partial charge in [0.2, 0.25) is 5.91 Å². The SMILES string of the molecule is NC(=O)C1CCc2cc3cc4ccccc4cc3cc2C1. The lowest BCUT2D eigenvalue weighted by atomic mass is 9.82. The lowest BCUT2D eigenvalue weighted by molar-refractivity contribution is -0.122. The van der Waals surface area contributed by atoms with Crippen LogP contribution in [-0.4, -0.2) is 5.91 Å². The zero-order valence-corrected chi connectivity index (χ0v) is 11.8. The van der Waals surface area contributed by atoms with Gasteiger partial charge in [-0.05, 0) is 64.1 Å². The van der Waals surface area contributed by atoms with Crippen LogP contribution >= 0.6 is 0 Å². The highest BCUT2D eigenvalue weighted by atomic mass is 16.1. The third kappa shape index (κ3) is 2.07. The summed E-state index contributed by atoms with van der Waals surface area (Å²) in [6.07, 6.45) is 2.61. The van der Waals surface area contributed by atoms with Crippen LogP contribution in [-0.2, 0) is 17.6 Å². The van der Waals surface area contributed by atoms with Gasteiger partial charge in [-0.15, -0.1) is 0 Å². The van der Waals surface area contributed by atoms with E-state index in [0.717, 1.165) is 19.3 Å². The fourth-order valence-electron chi connectivity index (χ4n) is 3.45. The van der Waals surface area contributed by atoms with E-state index >= 15 is 0 Å². The van der Waals surface area contributed by atoms with Gasteiger partial charge < -0.3 is 5.73 Å². The molecule has 0 aliphatic heterocycles. The van der Waals surface area contributed by atoms with E-state index in [4.69, 9.17) is 5.73 Å². The summed E-state index contributed by atoms with van der Waals surface area (Å²) < 4.78 is 0. The molecule has 4 rings (SSSR count). The highest BCUT2D eigenvalue weighted by Gasteiger charge is 2.23. The van der Waals surface area contributed by atoms with Crippen molar-refractivity contribution in [2.24, 2.45) is 11.7 Å². The lowest BCUT2D eigenvalue weighted by Gasteiger charge is -2.23. The average molecular weight is 275 g/mol. The molecule has 0 fully saturated rings. The smallest absolute Gasteiger partial charge is 0.220 e. The van der Waals surface area contributed by atoms with Crippen molar-refractivity contribution in [3.8, 4) is 0 Å². The molecule has 1 aliphatic carbocycles. The van der Waals surface area contributed by atoms with Crippen LogP contribution in [0.1, 0.15) is 17.5 Å². The second-order valence-corrected chi connectivity index (χ2v) is 6.01. The van der Waals surface area contributed by atoms with E-state index < -0.39 is 0 Å². The maximum atomic E-state index is 11.4. The molecule has 3 aromatic rings. The minimum absolute atomic E-state index is 0.00425.